The van der Waals surface area contributed by atoms with E-state index < -0.39 is 0 Å². The number of esters is 1. The van der Waals surface area contributed by atoms with Gasteiger partial charge in [0.25, 0.3) is 0 Å². The molecular weight excluding hydrogens is 314 g/mol. The highest BCUT2D eigenvalue weighted by Gasteiger charge is 2.15. The van der Waals surface area contributed by atoms with Gasteiger partial charge in [-0.1, -0.05) is 11.8 Å². The molecule has 0 bridgehead atoms. The van der Waals surface area contributed by atoms with Crippen molar-refractivity contribution in [2.24, 2.45) is 0 Å². The molecule has 7 heteroatoms. The van der Waals surface area contributed by atoms with Crippen LogP contribution in [-0.4, -0.2) is 39.7 Å². The van der Waals surface area contributed by atoms with Gasteiger partial charge in [0.2, 0.25) is 0 Å². The number of nitrogens with zero attached hydrogens (tertiary/aromatic N) is 3. The molecule has 1 aromatic heterocycles. The van der Waals surface area contributed by atoms with E-state index in [9.17, 15) is 4.79 Å². The Hall–Kier alpha value is -2.02. The van der Waals surface area contributed by atoms with Crippen molar-refractivity contribution in [1.29, 1.82) is 0 Å². The lowest BCUT2D eigenvalue weighted by Gasteiger charge is -2.08. The van der Waals surface area contributed by atoms with Gasteiger partial charge in [-0.25, -0.2) is 0 Å². The lowest BCUT2D eigenvalue weighted by Crippen LogP contribution is -2.08. The number of hydrogen-bond donors (Lipinski definition) is 0. The molecule has 6 nitrogen and oxygen atoms in total. The number of aromatic nitrogens is 3. The van der Waals surface area contributed by atoms with Crippen LogP contribution in [0.5, 0.6) is 5.75 Å². The highest BCUT2D eigenvalue weighted by Crippen LogP contribution is 2.25. The van der Waals surface area contributed by atoms with Crippen molar-refractivity contribution < 1.29 is 14.3 Å². The molecule has 0 radical (unpaired) electrons. The van der Waals surface area contributed by atoms with Crippen LogP contribution >= 0.6 is 11.8 Å². The second-order valence-corrected chi connectivity index (χ2v) is 5.54. The van der Waals surface area contributed by atoms with Crippen molar-refractivity contribution in [3.05, 3.63) is 24.3 Å². The van der Waals surface area contributed by atoms with Crippen LogP contribution in [0.15, 0.2) is 29.4 Å². The Morgan fingerprint density at radius 3 is 2.48 bits per heavy atom. The third-order valence-corrected chi connectivity index (χ3v) is 4.02. The minimum absolute atomic E-state index is 0.231. The van der Waals surface area contributed by atoms with Gasteiger partial charge in [0, 0.05) is 12.1 Å². The average Bonchev–Trinajstić information content (AvgIpc) is 2.97. The number of hydrogen-bond acceptors (Lipinski definition) is 6. The zero-order valence-electron chi connectivity index (χ0n) is 13.6. The molecule has 0 atom stereocenters. The molecule has 124 valence electrons. The van der Waals surface area contributed by atoms with Gasteiger partial charge < -0.3 is 14.0 Å². The highest BCUT2D eigenvalue weighted by molar-refractivity contribution is 7.99. The molecule has 23 heavy (non-hydrogen) atoms. The predicted molar refractivity (Wildman–Crippen MR) is 89.7 cm³/mol. The van der Waals surface area contributed by atoms with Crippen molar-refractivity contribution in [3.8, 4) is 17.1 Å². The number of rotatable bonds is 8. The summed E-state index contributed by atoms with van der Waals surface area (Å²) < 4.78 is 12.4. The number of ether oxygens (including phenoxy) is 2. The first kappa shape index (κ1) is 17.3. The zero-order chi connectivity index (χ0) is 16.7. The Kier molecular flexibility index (Phi) is 6.46. The molecule has 0 spiro atoms. The fourth-order valence-electron chi connectivity index (χ4n) is 2.09. The number of benzene rings is 1. The van der Waals surface area contributed by atoms with Gasteiger partial charge in [0.1, 0.15) is 5.75 Å². The molecule has 0 amide bonds. The second kappa shape index (κ2) is 8.57. The fraction of sp³-hybridized carbons (Fsp3) is 0.438. The molecule has 0 aliphatic carbocycles. The fourth-order valence-corrected chi connectivity index (χ4v) is 2.89. The van der Waals surface area contributed by atoms with Crippen LogP contribution in [0.25, 0.3) is 11.4 Å². The van der Waals surface area contributed by atoms with Crippen molar-refractivity contribution in [2.45, 2.75) is 32.5 Å². The summed E-state index contributed by atoms with van der Waals surface area (Å²) in [7, 11) is 0. The van der Waals surface area contributed by atoms with E-state index >= 15 is 0 Å². The molecule has 2 aromatic rings. The summed E-state index contributed by atoms with van der Waals surface area (Å²) in [6.45, 7) is 7.52. The molecule has 0 unspecified atom stereocenters. The molecular formula is C16H21N3O3S. The Labute approximate surface area is 140 Å². The molecule has 2 rings (SSSR count). The smallest absolute Gasteiger partial charge is 0.316 e. The SMILES string of the molecule is CCOC(=O)CSc1nnc(-c2ccc(OCC)cc2)n1CC. The van der Waals surface area contributed by atoms with Crippen molar-refractivity contribution in [2.75, 3.05) is 19.0 Å². The number of carbonyl (C=O) groups is 1. The maximum Gasteiger partial charge on any atom is 0.316 e. The summed E-state index contributed by atoms with van der Waals surface area (Å²) in [5.41, 5.74) is 0.964. The van der Waals surface area contributed by atoms with Crippen LogP contribution in [0.1, 0.15) is 20.8 Å². The van der Waals surface area contributed by atoms with Crippen molar-refractivity contribution >= 4 is 17.7 Å². The van der Waals surface area contributed by atoms with Gasteiger partial charge in [0.05, 0.1) is 19.0 Å². The lowest BCUT2D eigenvalue weighted by molar-refractivity contribution is -0.139. The molecule has 0 N–H and O–H groups in total. The first-order chi connectivity index (χ1) is 11.2. The van der Waals surface area contributed by atoms with E-state index in [-0.39, 0.29) is 11.7 Å². The number of thioether (sulfide) groups is 1. The molecule has 0 aliphatic rings. The van der Waals surface area contributed by atoms with Gasteiger partial charge in [-0.15, -0.1) is 10.2 Å². The van der Waals surface area contributed by atoms with Crippen molar-refractivity contribution in [3.63, 3.8) is 0 Å². The van der Waals surface area contributed by atoms with E-state index in [1.807, 2.05) is 42.7 Å². The predicted octanol–water partition coefficient (Wildman–Crippen LogP) is 3.02. The Morgan fingerprint density at radius 2 is 1.87 bits per heavy atom. The molecule has 1 heterocycles. The third kappa shape index (κ3) is 4.48. The zero-order valence-corrected chi connectivity index (χ0v) is 14.4. The minimum atomic E-state index is -0.245. The Balaban J connectivity index is 2.15. The van der Waals surface area contributed by atoms with E-state index in [2.05, 4.69) is 10.2 Å². The summed E-state index contributed by atoms with van der Waals surface area (Å²) in [5, 5.41) is 9.16. The summed E-state index contributed by atoms with van der Waals surface area (Å²) in [4.78, 5) is 11.5. The summed E-state index contributed by atoms with van der Waals surface area (Å²) >= 11 is 1.34. The van der Waals surface area contributed by atoms with Gasteiger partial charge in [-0.05, 0) is 45.0 Å². The minimum Gasteiger partial charge on any atom is -0.494 e. The molecule has 0 aliphatic heterocycles. The maximum absolute atomic E-state index is 11.5. The largest absolute Gasteiger partial charge is 0.494 e. The summed E-state index contributed by atoms with van der Waals surface area (Å²) in [5.74, 6) is 1.60. The standard InChI is InChI=1S/C16H21N3O3S/c1-4-19-15(12-7-9-13(10-8-12)21-5-2)17-18-16(19)23-11-14(20)22-6-3/h7-10H,4-6,11H2,1-3H3. The lowest BCUT2D eigenvalue weighted by atomic mass is 10.2. The Bertz CT molecular complexity index is 641. The molecule has 0 saturated heterocycles. The second-order valence-electron chi connectivity index (χ2n) is 4.60. The van der Waals surface area contributed by atoms with E-state index in [1.165, 1.54) is 11.8 Å². The van der Waals surface area contributed by atoms with Crippen LogP contribution in [-0.2, 0) is 16.1 Å². The monoisotopic (exact) mass is 335 g/mol. The van der Waals surface area contributed by atoms with E-state index in [0.29, 0.717) is 18.4 Å². The Morgan fingerprint density at radius 1 is 1.13 bits per heavy atom. The first-order valence-corrected chi connectivity index (χ1v) is 8.63. The summed E-state index contributed by atoms with van der Waals surface area (Å²) in [6, 6.07) is 7.75. The van der Waals surface area contributed by atoms with Crippen LogP contribution in [0.4, 0.5) is 0 Å². The van der Waals surface area contributed by atoms with Crippen molar-refractivity contribution in [1.82, 2.24) is 14.8 Å². The maximum atomic E-state index is 11.5. The van der Waals surface area contributed by atoms with Gasteiger partial charge in [0.15, 0.2) is 11.0 Å². The summed E-state index contributed by atoms with van der Waals surface area (Å²) in [6.07, 6.45) is 0. The number of carbonyl (C=O) groups excluding carboxylic acids is 1. The van der Waals surface area contributed by atoms with E-state index in [4.69, 9.17) is 9.47 Å². The first-order valence-electron chi connectivity index (χ1n) is 7.64. The third-order valence-electron chi connectivity index (χ3n) is 3.08. The topological polar surface area (TPSA) is 66.2 Å². The van der Waals surface area contributed by atoms with Crippen LogP contribution in [0.2, 0.25) is 0 Å². The van der Waals surface area contributed by atoms with Crippen LogP contribution in [0, 0.1) is 0 Å². The quantitative estimate of drug-likeness (QED) is 0.546. The normalized spacial score (nSPS) is 10.6. The molecule has 0 saturated carbocycles. The molecule has 1 aromatic carbocycles. The van der Waals surface area contributed by atoms with Crippen LogP contribution in [0.3, 0.4) is 0 Å². The van der Waals surface area contributed by atoms with Gasteiger partial charge in [-0.2, -0.15) is 0 Å². The van der Waals surface area contributed by atoms with Gasteiger partial charge in [-0.3, -0.25) is 4.79 Å². The van der Waals surface area contributed by atoms with E-state index in [1.54, 1.807) is 6.92 Å². The molecule has 0 fully saturated rings. The van der Waals surface area contributed by atoms with E-state index in [0.717, 1.165) is 23.7 Å². The highest BCUT2D eigenvalue weighted by atomic mass is 32.2. The van der Waals surface area contributed by atoms with Crippen LogP contribution < -0.4 is 4.74 Å². The van der Waals surface area contributed by atoms with Gasteiger partial charge >= 0.3 is 5.97 Å². The average molecular weight is 335 g/mol.